The molecule has 1 aromatic rings. The van der Waals surface area contributed by atoms with Gasteiger partial charge in [0.1, 0.15) is 17.5 Å². The van der Waals surface area contributed by atoms with Crippen LogP contribution in [-0.4, -0.2) is 34.8 Å². The summed E-state index contributed by atoms with van der Waals surface area (Å²) in [6.45, 7) is 7.70. The van der Waals surface area contributed by atoms with E-state index in [1.54, 1.807) is 0 Å². The summed E-state index contributed by atoms with van der Waals surface area (Å²) in [6.07, 6.45) is 2.83. The summed E-state index contributed by atoms with van der Waals surface area (Å²) >= 11 is 0. The van der Waals surface area contributed by atoms with Gasteiger partial charge < -0.3 is 15.7 Å². The van der Waals surface area contributed by atoms with Crippen molar-refractivity contribution in [3.63, 3.8) is 0 Å². The molecule has 0 spiro atoms. The second-order valence-corrected chi connectivity index (χ2v) is 4.43. The average Bonchev–Trinajstić information content (AvgIpc) is 2.34. The smallest absolute Gasteiger partial charge is 0.137 e. The Balaban J connectivity index is 3.09. The van der Waals surface area contributed by atoms with Gasteiger partial charge in [0.2, 0.25) is 0 Å². The van der Waals surface area contributed by atoms with Gasteiger partial charge in [-0.25, -0.2) is 9.97 Å². The third-order valence-electron chi connectivity index (χ3n) is 2.84. The molecule has 0 saturated heterocycles. The summed E-state index contributed by atoms with van der Waals surface area (Å²) in [5.41, 5.74) is 6.84. The van der Waals surface area contributed by atoms with E-state index < -0.39 is 0 Å². The highest BCUT2D eigenvalue weighted by molar-refractivity contribution is 5.56. The van der Waals surface area contributed by atoms with E-state index in [4.69, 9.17) is 10.8 Å². The molecule has 5 heteroatoms. The molecule has 0 unspecified atom stereocenters. The molecular formula is C13H24N4O. The molecule has 0 bridgehead atoms. The SMILES string of the molecule is CCCc1nc(N)c(C)c(N(CCC)CCO)n1. The number of anilines is 2. The maximum atomic E-state index is 9.14. The molecule has 18 heavy (non-hydrogen) atoms. The summed E-state index contributed by atoms with van der Waals surface area (Å²) in [5.74, 6) is 2.19. The van der Waals surface area contributed by atoms with Gasteiger partial charge in [-0.05, 0) is 19.8 Å². The van der Waals surface area contributed by atoms with Crippen molar-refractivity contribution in [2.24, 2.45) is 0 Å². The van der Waals surface area contributed by atoms with Gasteiger partial charge >= 0.3 is 0 Å². The molecule has 1 aromatic heterocycles. The molecule has 3 N–H and O–H groups in total. The summed E-state index contributed by atoms with van der Waals surface area (Å²) in [5, 5.41) is 9.14. The van der Waals surface area contributed by atoms with Crippen molar-refractivity contribution in [1.29, 1.82) is 0 Å². The zero-order chi connectivity index (χ0) is 13.5. The second-order valence-electron chi connectivity index (χ2n) is 4.43. The van der Waals surface area contributed by atoms with Crippen LogP contribution in [0.15, 0.2) is 0 Å². The van der Waals surface area contributed by atoms with Crippen LogP contribution in [0.25, 0.3) is 0 Å². The first-order valence-electron chi connectivity index (χ1n) is 6.62. The van der Waals surface area contributed by atoms with Gasteiger partial charge in [-0.2, -0.15) is 0 Å². The van der Waals surface area contributed by atoms with Gasteiger partial charge in [-0.3, -0.25) is 0 Å². The zero-order valence-electron chi connectivity index (χ0n) is 11.6. The lowest BCUT2D eigenvalue weighted by atomic mass is 10.2. The maximum Gasteiger partial charge on any atom is 0.137 e. The molecule has 1 rings (SSSR count). The van der Waals surface area contributed by atoms with Gasteiger partial charge in [0.05, 0.1) is 6.61 Å². The predicted octanol–water partition coefficient (Wildman–Crippen LogP) is 1.53. The number of aromatic nitrogens is 2. The Hall–Kier alpha value is -1.36. The molecule has 1 heterocycles. The van der Waals surface area contributed by atoms with Crippen LogP contribution in [0.4, 0.5) is 11.6 Å². The average molecular weight is 252 g/mol. The first kappa shape index (κ1) is 14.7. The van der Waals surface area contributed by atoms with Crippen LogP contribution in [0.2, 0.25) is 0 Å². The molecule has 0 radical (unpaired) electrons. The van der Waals surface area contributed by atoms with E-state index >= 15 is 0 Å². The Morgan fingerprint density at radius 2 is 1.89 bits per heavy atom. The number of aliphatic hydroxyl groups is 1. The van der Waals surface area contributed by atoms with Gasteiger partial charge in [0, 0.05) is 25.1 Å². The molecule has 0 aliphatic carbocycles. The van der Waals surface area contributed by atoms with Crippen LogP contribution in [-0.2, 0) is 6.42 Å². The number of nitrogens with zero attached hydrogens (tertiary/aromatic N) is 3. The molecule has 0 aliphatic rings. The number of aliphatic hydroxyl groups excluding tert-OH is 1. The van der Waals surface area contributed by atoms with Gasteiger partial charge in [0.25, 0.3) is 0 Å². The molecule has 0 saturated carbocycles. The zero-order valence-corrected chi connectivity index (χ0v) is 11.6. The first-order valence-corrected chi connectivity index (χ1v) is 6.62. The number of nitrogen functional groups attached to an aromatic ring is 1. The molecule has 0 aromatic carbocycles. The summed E-state index contributed by atoms with van der Waals surface area (Å²) in [6, 6.07) is 0. The minimum absolute atomic E-state index is 0.118. The largest absolute Gasteiger partial charge is 0.395 e. The first-order chi connectivity index (χ1) is 8.63. The van der Waals surface area contributed by atoms with Crippen molar-refractivity contribution in [2.45, 2.75) is 40.0 Å². The van der Waals surface area contributed by atoms with Crippen molar-refractivity contribution in [1.82, 2.24) is 9.97 Å². The molecular weight excluding hydrogens is 228 g/mol. The van der Waals surface area contributed by atoms with Crippen LogP contribution >= 0.6 is 0 Å². The Bertz CT molecular complexity index is 375. The van der Waals surface area contributed by atoms with Crippen LogP contribution in [0.5, 0.6) is 0 Å². The quantitative estimate of drug-likeness (QED) is 0.769. The topological polar surface area (TPSA) is 75.3 Å². The second kappa shape index (κ2) is 7.16. The van der Waals surface area contributed by atoms with Crippen molar-refractivity contribution in [3.8, 4) is 0 Å². The summed E-state index contributed by atoms with van der Waals surface area (Å²) < 4.78 is 0. The summed E-state index contributed by atoms with van der Waals surface area (Å²) in [7, 11) is 0. The van der Waals surface area contributed by atoms with Crippen LogP contribution < -0.4 is 10.6 Å². The lowest BCUT2D eigenvalue weighted by molar-refractivity contribution is 0.301. The third kappa shape index (κ3) is 3.57. The number of hydrogen-bond acceptors (Lipinski definition) is 5. The standard InChI is InChI=1S/C13H24N4O/c1-4-6-11-15-12(14)10(3)13(16-11)17(7-5-2)8-9-18/h18H,4-9H2,1-3H3,(H2,14,15,16). The Morgan fingerprint density at radius 1 is 1.17 bits per heavy atom. The Morgan fingerprint density at radius 3 is 2.44 bits per heavy atom. The van der Waals surface area contributed by atoms with E-state index in [1.165, 1.54) is 0 Å². The minimum Gasteiger partial charge on any atom is -0.395 e. The van der Waals surface area contributed by atoms with Crippen LogP contribution in [0, 0.1) is 6.92 Å². The van der Waals surface area contributed by atoms with Crippen molar-refractivity contribution < 1.29 is 5.11 Å². The molecule has 102 valence electrons. The summed E-state index contributed by atoms with van der Waals surface area (Å²) in [4.78, 5) is 11.0. The van der Waals surface area contributed by atoms with E-state index in [2.05, 4.69) is 28.7 Å². The highest BCUT2D eigenvalue weighted by atomic mass is 16.3. The van der Waals surface area contributed by atoms with Crippen molar-refractivity contribution >= 4 is 11.6 Å². The number of rotatable bonds is 7. The predicted molar refractivity (Wildman–Crippen MR) is 74.8 cm³/mol. The van der Waals surface area contributed by atoms with Gasteiger partial charge in [-0.15, -0.1) is 0 Å². The molecule has 0 fully saturated rings. The number of aryl methyl sites for hydroxylation is 1. The van der Waals surface area contributed by atoms with E-state index in [9.17, 15) is 0 Å². The van der Waals surface area contributed by atoms with E-state index in [0.29, 0.717) is 12.4 Å². The highest BCUT2D eigenvalue weighted by Crippen LogP contribution is 2.22. The number of hydrogen-bond donors (Lipinski definition) is 2. The minimum atomic E-state index is 0.118. The maximum absolute atomic E-state index is 9.14. The van der Waals surface area contributed by atoms with E-state index in [1.807, 2.05) is 6.92 Å². The Kier molecular flexibility index (Phi) is 5.85. The normalized spacial score (nSPS) is 10.7. The monoisotopic (exact) mass is 252 g/mol. The van der Waals surface area contributed by atoms with E-state index in [-0.39, 0.29) is 6.61 Å². The van der Waals surface area contributed by atoms with Gasteiger partial charge in [0.15, 0.2) is 0 Å². The fourth-order valence-electron chi connectivity index (χ4n) is 1.93. The molecule has 5 nitrogen and oxygen atoms in total. The van der Waals surface area contributed by atoms with E-state index in [0.717, 1.165) is 43.0 Å². The Labute approximate surface area is 109 Å². The van der Waals surface area contributed by atoms with Crippen molar-refractivity contribution in [3.05, 3.63) is 11.4 Å². The lowest BCUT2D eigenvalue weighted by Crippen LogP contribution is -2.30. The van der Waals surface area contributed by atoms with Gasteiger partial charge in [-0.1, -0.05) is 13.8 Å². The fraction of sp³-hybridized carbons (Fsp3) is 0.692. The van der Waals surface area contributed by atoms with Crippen LogP contribution in [0.1, 0.15) is 38.1 Å². The molecule has 0 aliphatic heterocycles. The number of nitrogens with two attached hydrogens (primary N) is 1. The fourth-order valence-corrected chi connectivity index (χ4v) is 1.93. The van der Waals surface area contributed by atoms with Crippen molar-refractivity contribution in [2.75, 3.05) is 30.3 Å². The lowest BCUT2D eigenvalue weighted by Gasteiger charge is -2.24. The third-order valence-corrected chi connectivity index (χ3v) is 2.84. The van der Waals surface area contributed by atoms with Crippen LogP contribution in [0.3, 0.4) is 0 Å². The molecule has 0 amide bonds. The highest BCUT2D eigenvalue weighted by Gasteiger charge is 2.14. The molecule has 0 atom stereocenters.